The average molecular weight is 398 g/mol. The van der Waals surface area contributed by atoms with Crippen molar-refractivity contribution in [3.05, 3.63) is 24.3 Å². The summed E-state index contributed by atoms with van der Waals surface area (Å²) in [5.41, 5.74) is 0.802. The van der Waals surface area contributed by atoms with Crippen molar-refractivity contribution in [2.45, 2.75) is 32.9 Å². The van der Waals surface area contributed by atoms with Crippen molar-refractivity contribution in [2.24, 2.45) is 10.4 Å². The molecule has 1 fully saturated rings. The third-order valence-corrected chi connectivity index (χ3v) is 4.65. The molecule has 28 heavy (non-hydrogen) atoms. The average Bonchev–Trinajstić information content (AvgIpc) is 3.05. The monoisotopic (exact) mass is 397 g/mol. The number of anilines is 1. The number of ether oxygens (including phenoxy) is 1. The number of alkyl halides is 2. The number of rotatable bonds is 8. The molecule has 0 saturated carbocycles. The molecule has 1 aromatic rings. The fourth-order valence-electron chi connectivity index (χ4n) is 3.63. The van der Waals surface area contributed by atoms with Gasteiger partial charge >= 0.3 is 6.61 Å². The molecule has 0 spiro atoms. The molecule has 0 aliphatic carbocycles. The molecule has 1 atom stereocenters. The van der Waals surface area contributed by atoms with E-state index >= 15 is 0 Å². The van der Waals surface area contributed by atoms with Crippen LogP contribution in [0.5, 0.6) is 5.75 Å². The van der Waals surface area contributed by atoms with Crippen LogP contribution in [0.15, 0.2) is 29.3 Å². The van der Waals surface area contributed by atoms with Crippen molar-refractivity contribution >= 4 is 11.6 Å². The molecule has 0 radical (unpaired) electrons. The normalized spacial score (nSPS) is 18.1. The Kier molecular flexibility index (Phi) is 7.86. The molecule has 1 unspecified atom stereocenters. The van der Waals surface area contributed by atoms with Gasteiger partial charge in [-0.2, -0.15) is 8.78 Å². The summed E-state index contributed by atoms with van der Waals surface area (Å²) in [5, 5.41) is 6.85. The van der Waals surface area contributed by atoms with Gasteiger partial charge in [-0.15, -0.1) is 0 Å². The van der Waals surface area contributed by atoms with Crippen LogP contribution in [0.25, 0.3) is 0 Å². The molecule has 1 aliphatic heterocycles. The molecule has 1 saturated heterocycles. The van der Waals surface area contributed by atoms with Crippen molar-refractivity contribution in [1.29, 1.82) is 0 Å². The van der Waals surface area contributed by atoms with Crippen molar-refractivity contribution in [1.82, 2.24) is 15.5 Å². The maximum atomic E-state index is 12.7. The third kappa shape index (κ3) is 6.82. The van der Waals surface area contributed by atoms with Crippen molar-refractivity contribution in [3.63, 3.8) is 0 Å². The van der Waals surface area contributed by atoms with Crippen LogP contribution in [0.2, 0.25) is 0 Å². The lowest BCUT2D eigenvalue weighted by Gasteiger charge is -2.29. The van der Waals surface area contributed by atoms with E-state index in [1.54, 1.807) is 19.2 Å². The number of guanidine groups is 1. The van der Waals surface area contributed by atoms with Crippen molar-refractivity contribution in [3.8, 4) is 5.75 Å². The summed E-state index contributed by atoms with van der Waals surface area (Å²) in [5.74, 6) is 0.974. The Hall–Kier alpha value is -2.09. The van der Waals surface area contributed by atoms with Gasteiger partial charge in [0.15, 0.2) is 5.96 Å². The molecule has 1 aliphatic rings. The topological polar surface area (TPSA) is 52.1 Å². The van der Waals surface area contributed by atoms with Crippen LogP contribution in [0.3, 0.4) is 0 Å². The highest BCUT2D eigenvalue weighted by Crippen LogP contribution is 2.31. The number of aliphatic imine (C=N–C) groups is 1. The van der Waals surface area contributed by atoms with Crippen LogP contribution in [0, 0.1) is 5.41 Å². The second-order valence-corrected chi connectivity index (χ2v) is 8.25. The number of nitrogens with one attached hydrogen (secondary N) is 2. The van der Waals surface area contributed by atoms with Crippen LogP contribution in [-0.4, -0.2) is 70.8 Å². The van der Waals surface area contributed by atoms with Gasteiger partial charge in [0.2, 0.25) is 0 Å². The van der Waals surface area contributed by atoms with E-state index in [0.29, 0.717) is 12.2 Å². The Bertz CT molecular complexity index is 651. The summed E-state index contributed by atoms with van der Waals surface area (Å²) in [6.07, 6.45) is 0.894. The van der Waals surface area contributed by atoms with Gasteiger partial charge in [0, 0.05) is 39.3 Å². The summed E-state index contributed by atoms with van der Waals surface area (Å²) in [6, 6.07) is 7.12. The quantitative estimate of drug-likeness (QED) is 0.522. The summed E-state index contributed by atoms with van der Waals surface area (Å²) in [6.45, 7) is 4.83. The van der Waals surface area contributed by atoms with Gasteiger partial charge in [0.25, 0.3) is 0 Å². The maximum absolute atomic E-state index is 12.7. The Balaban J connectivity index is 1.91. The van der Waals surface area contributed by atoms with E-state index in [0.717, 1.165) is 32.0 Å². The summed E-state index contributed by atoms with van der Waals surface area (Å²) < 4.78 is 30.0. The van der Waals surface area contributed by atoms with Gasteiger partial charge in [-0.1, -0.05) is 26.0 Å². The minimum absolute atomic E-state index is 0.106. The van der Waals surface area contributed by atoms with Crippen LogP contribution in [-0.2, 0) is 0 Å². The van der Waals surface area contributed by atoms with E-state index in [4.69, 9.17) is 0 Å². The molecule has 8 heteroatoms. The standard InChI is InChI=1S/C20H33F2N5O/c1-20(2,14-26(4)5)13-24-19(23-3)25-15-10-11-27(12-15)16-8-6-7-9-17(16)28-18(21)22/h6-9,15,18H,10-14H2,1-5H3,(H2,23,24,25). The number of hydrogen-bond acceptors (Lipinski definition) is 4. The van der Waals surface area contributed by atoms with Crippen LogP contribution in [0.4, 0.5) is 14.5 Å². The van der Waals surface area contributed by atoms with E-state index in [1.807, 2.05) is 12.1 Å². The lowest BCUT2D eigenvalue weighted by molar-refractivity contribution is -0.0495. The van der Waals surface area contributed by atoms with Crippen molar-refractivity contribution in [2.75, 3.05) is 52.2 Å². The molecule has 0 bridgehead atoms. The van der Waals surface area contributed by atoms with Gasteiger partial charge < -0.3 is 25.2 Å². The minimum Gasteiger partial charge on any atom is -0.433 e. The van der Waals surface area contributed by atoms with Crippen molar-refractivity contribution < 1.29 is 13.5 Å². The van der Waals surface area contributed by atoms with Crippen LogP contribution in [0.1, 0.15) is 20.3 Å². The first-order valence-electron chi connectivity index (χ1n) is 9.61. The SMILES string of the molecule is CN=C(NCC(C)(C)CN(C)C)NC1CCN(c2ccccc2OC(F)F)C1. The number of para-hydroxylation sites is 2. The van der Waals surface area contributed by atoms with Gasteiger partial charge in [-0.3, -0.25) is 4.99 Å². The molecule has 1 aromatic carbocycles. The Morgan fingerprint density at radius 2 is 2.07 bits per heavy atom. The zero-order valence-electron chi connectivity index (χ0n) is 17.5. The largest absolute Gasteiger partial charge is 0.433 e. The van der Waals surface area contributed by atoms with Gasteiger partial charge in [-0.05, 0) is 38.1 Å². The molecular formula is C20H33F2N5O. The summed E-state index contributed by atoms with van der Waals surface area (Å²) >= 11 is 0. The Labute approximate surface area is 166 Å². The highest BCUT2D eigenvalue weighted by atomic mass is 19.3. The predicted octanol–water partition coefficient (Wildman–Crippen LogP) is 2.62. The lowest BCUT2D eigenvalue weighted by atomic mass is 9.93. The Morgan fingerprint density at radius 1 is 1.36 bits per heavy atom. The molecule has 2 rings (SSSR count). The first-order valence-corrected chi connectivity index (χ1v) is 9.61. The molecular weight excluding hydrogens is 364 g/mol. The lowest BCUT2D eigenvalue weighted by Crippen LogP contribution is -2.48. The zero-order valence-corrected chi connectivity index (χ0v) is 17.5. The highest BCUT2D eigenvalue weighted by molar-refractivity contribution is 5.80. The number of benzene rings is 1. The predicted molar refractivity (Wildman–Crippen MR) is 111 cm³/mol. The van der Waals surface area contributed by atoms with Crippen LogP contribution < -0.4 is 20.3 Å². The van der Waals surface area contributed by atoms with Gasteiger partial charge in [0.05, 0.1) is 5.69 Å². The molecule has 2 N–H and O–H groups in total. The molecule has 158 valence electrons. The fraction of sp³-hybridized carbons (Fsp3) is 0.650. The molecule has 1 heterocycles. The molecule has 6 nitrogen and oxygen atoms in total. The second kappa shape index (κ2) is 9.91. The molecule has 0 amide bonds. The summed E-state index contributed by atoms with van der Waals surface area (Å²) in [7, 11) is 5.89. The van der Waals surface area contributed by atoms with Gasteiger partial charge in [0.1, 0.15) is 5.75 Å². The fourth-order valence-corrected chi connectivity index (χ4v) is 3.63. The summed E-state index contributed by atoms with van der Waals surface area (Å²) in [4.78, 5) is 8.57. The first-order chi connectivity index (χ1) is 13.2. The highest BCUT2D eigenvalue weighted by Gasteiger charge is 2.26. The smallest absolute Gasteiger partial charge is 0.387 e. The van der Waals surface area contributed by atoms with Gasteiger partial charge in [-0.25, -0.2) is 0 Å². The number of halogens is 2. The Morgan fingerprint density at radius 3 is 2.71 bits per heavy atom. The van der Waals surface area contributed by atoms with E-state index in [2.05, 4.69) is 58.1 Å². The zero-order chi connectivity index (χ0) is 20.7. The molecule has 0 aromatic heterocycles. The maximum Gasteiger partial charge on any atom is 0.387 e. The second-order valence-electron chi connectivity index (χ2n) is 8.25. The van der Waals surface area contributed by atoms with E-state index in [-0.39, 0.29) is 17.2 Å². The van der Waals surface area contributed by atoms with E-state index < -0.39 is 6.61 Å². The number of nitrogens with zero attached hydrogens (tertiary/aromatic N) is 3. The third-order valence-electron chi connectivity index (χ3n) is 4.65. The van der Waals surface area contributed by atoms with Crippen LogP contribution >= 0.6 is 0 Å². The van der Waals surface area contributed by atoms with E-state index in [9.17, 15) is 8.78 Å². The first kappa shape index (κ1) is 22.2. The van der Waals surface area contributed by atoms with E-state index in [1.165, 1.54) is 0 Å². The minimum atomic E-state index is -2.83. The number of hydrogen-bond donors (Lipinski definition) is 2.